The molecule has 1 fully saturated rings. The van der Waals surface area contributed by atoms with Crippen LogP contribution in [0.15, 0.2) is 18.2 Å². The van der Waals surface area contributed by atoms with E-state index < -0.39 is 6.10 Å². The van der Waals surface area contributed by atoms with Gasteiger partial charge in [-0.2, -0.15) is 0 Å². The van der Waals surface area contributed by atoms with E-state index in [1.807, 2.05) is 18.2 Å². The second kappa shape index (κ2) is 5.96. The first-order valence-corrected chi connectivity index (χ1v) is 7.83. The molecule has 1 aromatic rings. The molecular weight excluding hydrogens is 250 g/mol. The van der Waals surface area contributed by atoms with E-state index in [0.717, 1.165) is 42.5 Å². The lowest BCUT2D eigenvalue weighted by molar-refractivity contribution is 0.0955. The molecule has 0 saturated heterocycles. The summed E-state index contributed by atoms with van der Waals surface area (Å²) in [6, 6.07) is 5.92. The molecule has 1 saturated carbocycles. The first-order valence-electron chi connectivity index (χ1n) is 7.83. The van der Waals surface area contributed by atoms with E-state index >= 15 is 0 Å². The van der Waals surface area contributed by atoms with Gasteiger partial charge in [-0.15, -0.1) is 0 Å². The molecule has 1 heterocycles. The van der Waals surface area contributed by atoms with Crippen LogP contribution in [0.2, 0.25) is 0 Å². The third-order valence-electron chi connectivity index (χ3n) is 4.70. The van der Waals surface area contributed by atoms with Gasteiger partial charge < -0.3 is 10.4 Å². The van der Waals surface area contributed by atoms with E-state index in [2.05, 4.69) is 5.32 Å². The summed E-state index contributed by atoms with van der Waals surface area (Å²) in [6.07, 6.45) is 7.40. The minimum absolute atomic E-state index is 0.00687. The topological polar surface area (TPSA) is 49.3 Å². The van der Waals surface area contributed by atoms with Gasteiger partial charge in [0.25, 0.3) is 5.91 Å². The van der Waals surface area contributed by atoms with Crippen LogP contribution in [0.3, 0.4) is 0 Å². The summed E-state index contributed by atoms with van der Waals surface area (Å²) < 4.78 is 0. The van der Waals surface area contributed by atoms with Crippen LogP contribution in [0, 0.1) is 5.92 Å². The summed E-state index contributed by atoms with van der Waals surface area (Å²) in [5.74, 6) is 0.657. The SMILES string of the molecule is O=C1NCCCc2ccc(C(O)CC3CCCC3)cc21. The fraction of sp³-hybridized carbons (Fsp3) is 0.588. The molecule has 0 spiro atoms. The lowest BCUT2D eigenvalue weighted by Crippen LogP contribution is -2.22. The predicted octanol–water partition coefficient (Wildman–Crippen LogP) is 2.98. The summed E-state index contributed by atoms with van der Waals surface area (Å²) in [7, 11) is 0. The Labute approximate surface area is 120 Å². The van der Waals surface area contributed by atoms with Crippen LogP contribution in [0.4, 0.5) is 0 Å². The molecule has 3 rings (SSSR count). The van der Waals surface area contributed by atoms with Gasteiger partial charge in [-0.3, -0.25) is 4.79 Å². The Morgan fingerprint density at radius 3 is 2.85 bits per heavy atom. The van der Waals surface area contributed by atoms with Crippen molar-refractivity contribution in [1.29, 1.82) is 0 Å². The van der Waals surface area contributed by atoms with E-state index in [0.29, 0.717) is 5.92 Å². The zero-order valence-electron chi connectivity index (χ0n) is 11.9. The van der Waals surface area contributed by atoms with Gasteiger partial charge in [0.2, 0.25) is 0 Å². The van der Waals surface area contributed by atoms with Gasteiger partial charge in [-0.05, 0) is 42.4 Å². The zero-order valence-corrected chi connectivity index (χ0v) is 11.9. The number of aliphatic hydroxyl groups excluding tert-OH is 1. The molecule has 2 aliphatic rings. The van der Waals surface area contributed by atoms with Crippen LogP contribution in [0.1, 0.15) is 66.1 Å². The molecule has 1 aromatic carbocycles. The molecule has 0 bridgehead atoms. The number of carbonyl (C=O) groups is 1. The third-order valence-corrected chi connectivity index (χ3v) is 4.70. The smallest absolute Gasteiger partial charge is 0.251 e. The molecule has 0 aromatic heterocycles. The lowest BCUT2D eigenvalue weighted by Gasteiger charge is -2.17. The number of aryl methyl sites for hydroxylation is 1. The molecule has 1 amide bonds. The third kappa shape index (κ3) is 2.88. The highest BCUT2D eigenvalue weighted by Gasteiger charge is 2.22. The number of hydrogen-bond donors (Lipinski definition) is 2. The Balaban J connectivity index is 1.78. The number of nitrogens with one attached hydrogen (secondary N) is 1. The van der Waals surface area contributed by atoms with E-state index in [1.165, 1.54) is 25.7 Å². The highest BCUT2D eigenvalue weighted by Crippen LogP contribution is 2.33. The molecule has 1 aliphatic carbocycles. The van der Waals surface area contributed by atoms with Gasteiger partial charge in [-0.1, -0.05) is 37.8 Å². The zero-order chi connectivity index (χ0) is 13.9. The maximum Gasteiger partial charge on any atom is 0.251 e. The largest absolute Gasteiger partial charge is 0.388 e. The highest BCUT2D eigenvalue weighted by molar-refractivity contribution is 5.96. The van der Waals surface area contributed by atoms with Crippen molar-refractivity contribution in [3.8, 4) is 0 Å². The maximum atomic E-state index is 12.0. The molecule has 1 unspecified atom stereocenters. The first-order chi connectivity index (χ1) is 9.74. The molecular formula is C17H23NO2. The molecule has 1 aliphatic heterocycles. The summed E-state index contributed by atoms with van der Waals surface area (Å²) >= 11 is 0. The van der Waals surface area contributed by atoms with Crippen molar-refractivity contribution in [2.24, 2.45) is 5.92 Å². The Bertz CT molecular complexity index is 492. The average molecular weight is 273 g/mol. The van der Waals surface area contributed by atoms with Crippen molar-refractivity contribution in [2.45, 2.75) is 51.0 Å². The van der Waals surface area contributed by atoms with Gasteiger partial charge in [0, 0.05) is 12.1 Å². The molecule has 2 N–H and O–H groups in total. The highest BCUT2D eigenvalue weighted by atomic mass is 16.3. The Kier molecular flexibility index (Phi) is 4.06. The Morgan fingerprint density at radius 2 is 2.05 bits per heavy atom. The second-order valence-electron chi connectivity index (χ2n) is 6.18. The van der Waals surface area contributed by atoms with Crippen LogP contribution in [-0.4, -0.2) is 17.6 Å². The molecule has 3 heteroatoms. The predicted molar refractivity (Wildman–Crippen MR) is 78.6 cm³/mol. The minimum atomic E-state index is -0.431. The molecule has 1 atom stereocenters. The molecule has 3 nitrogen and oxygen atoms in total. The summed E-state index contributed by atoms with van der Waals surface area (Å²) in [5.41, 5.74) is 2.76. The lowest BCUT2D eigenvalue weighted by atomic mass is 9.93. The van der Waals surface area contributed by atoms with Gasteiger partial charge in [-0.25, -0.2) is 0 Å². The minimum Gasteiger partial charge on any atom is -0.388 e. The first kappa shape index (κ1) is 13.6. The van der Waals surface area contributed by atoms with Crippen molar-refractivity contribution >= 4 is 5.91 Å². The quantitative estimate of drug-likeness (QED) is 0.889. The van der Waals surface area contributed by atoms with Crippen molar-refractivity contribution in [2.75, 3.05) is 6.54 Å². The molecule has 108 valence electrons. The number of hydrogen-bond acceptors (Lipinski definition) is 2. The van der Waals surface area contributed by atoms with Crippen molar-refractivity contribution in [3.63, 3.8) is 0 Å². The molecule has 0 radical (unpaired) electrons. The van der Waals surface area contributed by atoms with Crippen LogP contribution < -0.4 is 5.32 Å². The fourth-order valence-electron chi connectivity index (χ4n) is 3.50. The number of amides is 1. The van der Waals surface area contributed by atoms with Crippen LogP contribution in [0.5, 0.6) is 0 Å². The van der Waals surface area contributed by atoms with Gasteiger partial charge in [0.1, 0.15) is 0 Å². The number of rotatable bonds is 3. The van der Waals surface area contributed by atoms with Crippen molar-refractivity contribution < 1.29 is 9.90 Å². The van der Waals surface area contributed by atoms with Gasteiger partial charge in [0.15, 0.2) is 0 Å². The molecule has 20 heavy (non-hydrogen) atoms. The fourth-order valence-corrected chi connectivity index (χ4v) is 3.50. The van der Waals surface area contributed by atoms with E-state index in [4.69, 9.17) is 0 Å². The van der Waals surface area contributed by atoms with E-state index in [1.54, 1.807) is 0 Å². The maximum absolute atomic E-state index is 12.0. The summed E-state index contributed by atoms with van der Waals surface area (Å²) in [5, 5.41) is 13.3. The standard InChI is InChI=1S/C17H23NO2/c19-16(10-12-4-1-2-5-12)14-8-7-13-6-3-9-18-17(20)15(13)11-14/h7-8,11-12,16,19H,1-6,9-10H2,(H,18,20). The number of benzene rings is 1. The monoisotopic (exact) mass is 273 g/mol. The summed E-state index contributed by atoms with van der Waals surface area (Å²) in [4.78, 5) is 12.0. The number of carbonyl (C=O) groups excluding carboxylic acids is 1. The van der Waals surface area contributed by atoms with Crippen molar-refractivity contribution in [3.05, 3.63) is 34.9 Å². The van der Waals surface area contributed by atoms with Crippen molar-refractivity contribution in [1.82, 2.24) is 5.32 Å². The Morgan fingerprint density at radius 1 is 1.25 bits per heavy atom. The average Bonchev–Trinajstić information content (AvgIpc) is 2.89. The van der Waals surface area contributed by atoms with Gasteiger partial charge >= 0.3 is 0 Å². The Hall–Kier alpha value is -1.35. The second-order valence-corrected chi connectivity index (χ2v) is 6.18. The van der Waals surface area contributed by atoms with Gasteiger partial charge in [0.05, 0.1) is 6.10 Å². The summed E-state index contributed by atoms with van der Waals surface area (Å²) in [6.45, 7) is 0.744. The number of aliphatic hydroxyl groups is 1. The van der Waals surface area contributed by atoms with E-state index in [9.17, 15) is 9.90 Å². The van der Waals surface area contributed by atoms with Crippen LogP contribution in [-0.2, 0) is 6.42 Å². The van der Waals surface area contributed by atoms with Crippen LogP contribution >= 0.6 is 0 Å². The van der Waals surface area contributed by atoms with E-state index in [-0.39, 0.29) is 5.91 Å². The van der Waals surface area contributed by atoms with Crippen LogP contribution in [0.25, 0.3) is 0 Å². The normalized spacial score (nSPS) is 21.1. The number of fused-ring (bicyclic) bond motifs is 1.